The molecular weight excluding hydrogens is 328 g/mol. The second kappa shape index (κ2) is 7.39. The van der Waals surface area contributed by atoms with Gasteiger partial charge in [0.15, 0.2) is 5.69 Å². The molecule has 0 aliphatic heterocycles. The minimum Gasteiger partial charge on any atom is -0.497 e. The average Bonchev–Trinajstić information content (AvgIpc) is 3.03. The highest BCUT2D eigenvalue weighted by Crippen LogP contribution is 2.17. The van der Waals surface area contributed by atoms with E-state index in [0.717, 1.165) is 17.0 Å². The maximum atomic E-state index is 12.5. The number of ether oxygens (including phenoxy) is 1. The quantitative estimate of drug-likeness (QED) is 0.767. The van der Waals surface area contributed by atoms with Crippen LogP contribution in [0.5, 0.6) is 5.75 Å². The fourth-order valence-corrected chi connectivity index (χ4v) is 2.69. The zero-order valence-corrected chi connectivity index (χ0v) is 15.4. The van der Waals surface area contributed by atoms with Crippen LogP contribution < -0.4 is 10.1 Å². The van der Waals surface area contributed by atoms with Crippen LogP contribution in [-0.4, -0.2) is 28.0 Å². The molecule has 3 aromatic rings. The standard InChI is InChI=1S/C20H22N4O2/c1-13-8-9-17(10-14(13)2)24-15(3)19(22-23-24)20(25)21-12-16-6-5-7-18(11-16)26-4/h5-11H,12H2,1-4H3,(H,21,25). The maximum absolute atomic E-state index is 12.5. The first kappa shape index (κ1) is 17.7. The van der Waals surface area contributed by atoms with Crippen LogP contribution in [0.4, 0.5) is 0 Å². The third-order valence-corrected chi connectivity index (χ3v) is 4.43. The lowest BCUT2D eigenvalue weighted by Gasteiger charge is -2.08. The Bertz CT molecular complexity index is 947. The van der Waals surface area contributed by atoms with E-state index < -0.39 is 0 Å². The van der Waals surface area contributed by atoms with Crippen molar-refractivity contribution in [1.82, 2.24) is 20.3 Å². The van der Waals surface area contributed by atoms with Gasteiger partial charge in [0.2, 0.25) is 0 Å². The summed E-state index contributed by atoms with van der Waals surface area (Å²) < 4.78 is 6.88. The predicted octanol–water partition coefficient (Wildman–Crippen LogP) is 3.13. The zero-order valence-electron chi connectivity index (χ0n) is 15.4. The fourth-order valence-electron chi connectivity index (χ4n) is 2.69. The molecule has 2 aromatic carbocycles. The molecule has 0 bridgehead atoms. The van der Waals surface area contributed by atoms with E-state index in [0.29, 0.717) is 17.9 Å². The Morgan fingerprint density at radius 3 is 2.65 bits per heavy atom. The number of carbonyl (C=O) groups excluding carboxylic acids is 1. The van der Waals surface area contributed by atoms with Gasteiger partial charge in [-0.05, 0) is 61.7 Å². The van der Waals surface area contributed by atoms with Gasteiger partial charge in [0, 0.05) is 6.54 Å². The molecule has 3 rings (SSSR count). The number of rotatable bonds is 5. The SMILES string of the molecule is COc1cccc(CNC(=O)c2nnn(-c3ccc(C)c(C)c3)c2C)c1. The summed E-state index contributed by atoms with van der Waals surface area (Å²) in [6.45, 7) is 6.35. The Morgan fingerprint density at radius 1 is 1.12 bits per heavy atom. The van der Waals surface area contributed by atoms with E-state index in [4.69, 9.17) is 4.74 Å². The molecule has 26 heavy (non-hydrogen) atoms. The molecule has 0 aliphatic rings. The molecule has 0 fully saturated rings. The van der Waals surface area contributed by atoms with Gasteiger partial charge in [-0.25, -0.2) is 4.68 Å². The van der Waals surface area contributed by atoms with E-state index in [9.17, 15) is 4.79 Å². The van der Waals surface area contributed by atoms with Crippen molar-refractivity contribution in [2.45, 2.75) is 27.3 Å². The molecule has 0 radical (unpaired) electrons. The number of benzene rings is 2. The second-order valence-electron chi connectivity index (χ2n) is 6.24. The Kier molecular flexibility index (Phi) is 5.02. The van der Waals surface area contributed by atoms with Crippen LogP contribution in [0.25, 0.3) is 5.69 Å². The van der Waals surface area contributed by atoms with Gasteiger partial charge in [0.25, 0.3) is 5.91 Å². The Hall–Kier alpha value is -3.15. The molecule has 0 spiro atoms. The van der Waals surface area contributed by atoms with Crippen molar-refractivity contribution >= 4 is 5.91 Å². The summed E-state index contributed by atoms with van der Waals surface area (Å²) in [5.74, 6) is 0.508. The minimum atomic E-state index is -0.250. The normalized spacial score (nSPS) is 10.6. The number of nitrogens with one attached hydrogen (secondary N) is 1. The molecule has 0 atom stereocenters. The number of aromatic nitrogens is 3. The molecule has 1 N–H and O–H groups in total. The van der Waals surface area contributed by atoms with Gasteiger partial charge in [-0.2, -0.15) is 0 Å². The van der Waals surface area contributed by atoms with Crippen molar-refractivity contribution in [3.63, 3.8) is 0 Å². The number of aryl methyl sites for hydroxylation is 2. The molecule has 0 unspecified atom stereocenters. The van der Waals surface area contributed by atoms with Gasteiger partial charge in [0.1, 0.15) is 5.75 Å². The Morgan fingerprint density at radius 2 is 1.92 bits per heavy atom. The van der Waals surface area contributed by atoms with Gasteiger partial charge >= 0.3 is 0 Å². The molecule has 1 amide bonds. The number of carbonyl (C=O) groups is 1. The summed E-state index contributed by atoms with van der Waals surface area (Å²) in [5, 5.41) is 11.1. The van der Waals surface area contributed by atoms with Crippen molar-refractivity contribution in [2.24, 2.45) is 0 Å². The lowest BCUT2D eigenvalue weighted by molar-refractivity contribution is 0.0945. The highest BCUT2D eigenvalue weighted by molar-refractivity contribution is 5.93. The van der Waals surface area contributed by atoms with Crippen LogP contribution in [0, 0.1) is 20.8 Å². The first-order chi connectivity index (χ1) is 12.5. The molecule has 1 heterocycles. The van der Waals surface area contributed by atoms with E-state index in [1.165, 1.54) is 11.1 Å². The van der Waals surface area contributed by atoms with Crippen LogP contribution in [0.3, 0.4) is 0 Å². The van der Waals surface area contributed by atoms with Crippen LogP contribution in [0.2, 0.25) is 0 Å². The minimum absolute atomic E-state index is 0.250. The van der Waals surface area contributed by atoms with E-state index >= 15 is 0 Å². The predicted molar refractivity (Wildman–Crippen MR) is 99.7 cm³/mol. The zero-order chi connectivity index (χ0) is 18.7. The van der Waals surface area contributed by atoms with E-state index in [-0.39, 0.29) is 5.91 Å². The van der Waals surface area contributed by atoms with E-state index in [2.05, 4.69) is 22.6 Å². The molecule has 0 saturated heterocycles. The largest absolute Gasteiger partial charge is 0.497 e. The van der Waals surface area contributed by atoms with Gasteiger partial charge < -0.3 is 10.1 Å². The van der Waals surface area contributed by atoms with Crippen molar-refractivity contribution in [3.05, 3.63) is 70.5 Å². The van der Waals surface area contributed by atoms with Crippen molar-refractivity contribution < 1.29 is 9.53 Å². The third kappa shape index (κ3) is 3.59. The van der Waals surface area contributed by atoms with Crippen LogP contribution >= 0.6 is 0 Å². The molecule has 1 aromatic heterocycles. The highest BCUT2D eigenvalue weighted by atomic mass is 16.5. The van der Waals surface area contributed by atoms with Crippen LogP contribution in [-0.2, 0) is 6.54 Å². The maximum Gasteiger partial charge on any atom is 0.274 e. The number of hydrogen-bond acceptors (Lipinski definition) is 4. The van der Waals surface area contributed by atoms with Crippen molar-refractivity contribution in [3.8, 4) is 11.4 Å². The highest BCUT2D eigenvalue weighted by Gasteiger charge is 2.17. The van der Waals surface area contributed by atoms with Gasteiger partial charge in [-0.3, -0.25) is 4.79 Å². The first-order valence-electron chi connectivity index (χ1n) is 8.40. The summed E-state index contributed by atoms with van der Waals surface area (Å²) >= 11 is 0. The monoisotopic (exact) mass is 350 g/mol. The number of hydrogen-bond donors (Lipinski definition) is 1. The molecule has 0 aliphatic carbocycles. The summed E-state index contributed by atoms with van der Waals surface area (Å²) in [7, 11) is 1.62. The lowest BCUT2D eigenvalue weighted by Crippen LogP contribution is -2.24. The molecule has 134 valence electrons. The summed E-state index contributed by atoms with van der Waals surface area (Å²) in [6, 6.07) is 13.6. The molecular formula is C20H22N4O2. The number of amides is 1. The molecule has 0 saturated carbocycles. The second-order valence-corrected chi connectivity index (χ2v) is 6.24. The van der Waals surface area contributed by atoms with Crippen molar-refractivity contribution in [1.29, 1.82) is 0 Å². The summed E-state index contributed by atoms with van der Waals surface area (Å²) in [4.78, 5) is 12.5. The van der Waals surface area contributed by atoms with Crippen molar-refractivity contribution in [2.75, 3.05) is 7.11 Å². The topological polar surface area (TPSA) is 69.0 Å². The Balaban J connectivity index is 1.76. The van der Waals surface area contributed by atoms with Crippen LogP contribution in [0.15, 0.2) is 42.5 Å². The molecule has 6 nitrogen and oxygen atoms in total. The molecule has 6 heteroatoms. The number of nitrogens with zero attached hydrogens (tertiary/aromatic N) is 3. The van der Waals surface area contributed by atoms with Gasteiger partial charge in [-0.1, -0.05) is 23.4 Å². The van der Waals surface area contributed by atoms with Crippen LogP contribution in [0.1, 0.15) is 32.9 Å². The summed E-state index contributed by atoms with van der Waals surface area (Å²) in [5.41, 5.74) is 5.26. The van der Waals surface area contributed by atoms with Gasteiger partial charge in [-0.15, -0.1) is 5.10 Å². The lowest BCUT2D eigenvalue weighted by atomic mass is 10.1. The smallest absolute Gasteiger partial charge is 0.274 e. The van der Waals surface area contributed by atoms with E-state index in [1.807, 2.05) is 56.3 Å². The number of methoxy groups -OCH3 is 1. The average molecular weight is 350 g/mol. The fraction of sp³-hybridized carbons (Fsp3) is 0.250. The van der Waals surface area contributed by atoms with Gasteiger partial charge in [0.05, 0.1) is 18.5 Å². The van der Waals surface area contributed by atoms with E-state index in [1.54, 1.807) is 11.8 Å². The summed E-state index contributed by atoms with van der Waals surface area (Å²) in [6.07, 6.45) is 0. The Labute approximate surface area is 152 Å². The first-order valence-corrected chi connectivity index (χ1v) is 8.40. The third-order valence-electron chi connectivity index (χ3n) is 4.43.